The molecule has 3 heterocycles. The van der Waals surface area contributed by atoms with Crippen molar-refractivity contribution in [2.75, 3.05) is 13.1 Å². The van der Waals surface area contributed by atoms with Gasteiger partial charge in [0.1, 0.15) is 17.7 Å². The zero-order valence-corrected chi connectivity index (χ0v) is 26.7. The largest absolute Gasteiger partial charge is 0.341 e. The number of halogens is 1. The van der Waals surface area contributed by atoms with Crippen LogP contribution in [0.1, 0.15) is 81.2 Å². The first-order valence-corrected chi connectivity index (χ1v) is 17.6. The minimum Gasteiger partial charge on any atom is -0.341 e. The molecule has 0 spiro atoms. The van der Waals surface area contributed by atoms with Gasteiger partial charge in [0.05, 0.1) is 6.04 Å². The second-order valence-corrected chi connectivity index (χ2v) is 14.4. The van der Waals surface area contributed by atoms with E-state index in [1.807, 2.05) is 34.7 Å². The molecule has 1 saturated heterocycles. The van der Waals surface area contributed by atoms with Crippen LogP contribution in [0, 0.1) is 11.3 Å². The van der Waals surface area contributed by atoms with Gasteiger partial charge in [0.2, 0.25) is 5.91 Å². The van der Waals surface area contributed by atoms with E-state index in [0.717, 1.165) is 80.3 Å². The van der Waals surface area contributed by atoms with Crippen molar-refractivity contribution in [1.29, 1.82) is 0 Å². The average molecular weight is 624 g/mol. The van der Waals surface area contributed by atoms with E-state index in [1.165, 1.54) is 32.1 Å². The zero-order valence-electron chi connectivity index (χ0n) is 25.2. The molecular formula is C33H46ClN7OS. The molecule has 232 valence electrons. The van der Waals surface area contributed by atoms with E-state index in [0.29, 0.717) is 24.4 Å². The summed E-state index contributed by atoms with van der Waals surface area (Å²) in [6.07, 6.45) is 19.1. The molecule has 2 N–H and O–H groups in total. The Morgan fingerprint density at radius 3 is 2.44 bits per heavy atom. The minimum absolute atomic E-state index is 0.189. The Hall–Kier alpha value is -2.33. The van der Waals surface area contributed by atoms with Gasteiger partial charge in [0.15, 0.2) is 0 Å². The summed E-state index contributed by atoms with van der Waals surface area (Å²) in [5, 5.41) is 15.9. The van der Waals surface area contributed by atoms with Crippen LogP contribution in [-0.4, -0.2) is 61.8 Å². The van der Waals surface area contributed by atoms with Crippen molar-refractivity contribution in [3.8, 4) is 0 Å². The van der Waals surface area contributed by atoms with Crippen molar-refractivity contribution in [2.24, 2.45) is 11.3 Å². The second kappa shape index (κ2) is 14.6. The summed E-state index contributed by atoms with van der Waals surface area (Å²) in [7, 11) is 0. The Labute approximate surface area is 265 Å². The Kier molecular flexibility index (Phi) is 10.4. The van der Waals surface area contributed by atoms with Gasteiger partial charge in [-0.15, -0.1) is 11.3 Å². The van der Waals surface area contributed by atoms with Crippen LogP contribution < -0.4 is 10.6 Å². The SMILES string of the molecule is O=C([C@@H](Cc1ccc(Cl)cc1)N[C@H]1CC[C@@H](NCc2nccs2)CC1)N1CCC(Cn2cncn2)(C2CCCCC2)CC1. The van der Waals surface area contributed by atoms with Crippen LogP contribution in [0.5, 0.6) is 0 Å². The Bertz CT molecular complexity index is 1250. The topological polar surface area (TPSA) is 88.0 Å². The fraction of sp³-hybridized carbons (Fsp3) is 0.636. The second-order valence-electron chi connectivity index (χ2n) is 13.0. The Morgan fingerprint density at radius 2 is 1.77 bits per heavy atom. The van der Waals surface area contributed by atoms with Crippen LogP contribution in [-0.2, 0) is 24.3 Å². The van der Waals surface area contributed by atoms with E-state index in [1.54, 1.807) is 17.7 Å². The van der Waals surface area contributed by atoms with E-state index >= 15 is 0 Å². The quantitative estimate of drug-likeness (QED) is 0.277. The lowest BCUT2D eigenvalue weighted by Crippen LogP contribution is -2.56. The third kappa shape index (κ3) is 8.04. The molecule has 0 radical (unpaired) electrons. The maximum Gasteiger partial charge on any atom is 0.240 e. The maximum absolute atomic E-state index is 14.2. The van der Waals surface area contributed by atoms with Gasteiger partial charge in [-0.1, -0.05) is 43.0 Å². The summed E-state index contributed by atoms with van der Waals surface area (Å²) in [5.41, 5.74) is 1.34. The summed E-state index contributed by atoms with van der Waals surface area (Å²) >= 11 is 7.90. The predicted molar refractivity (Wildman–Crippen MR) is 172 cm³/mol. The van der Waals surface area contributed by atoms with Gasteiger partial charge >= 0.3 is 0 Å². The molecule has 3 aromatic rings. The Morgan fingerprint density at radius 1 is 1.02 bits per heavy atom. The average Bonchev–Trinajstić information content (AvgIpc) is 3.77. The number of nitrogens with one attached hydrogen (secondary N) is 2. The van der Waals surface area contributed by atoms with Gasteiger partial charge < -0.3 is 15.5 Å². The highest BCUT2D eigenvalue weighted by molar-refractivity contribution is 7.09. The number of carbonyl (C=O) groups excluding carboxylic acids is 1. The normalized spacial score (nSPS) is 23.7. The molecule has 1 atom stereocenters. The van der Waals surface area contributed by atoms with Crippen LogP contribution in [0.2, 0.25) is 5.02 Å². The fourth-order valence-corrected chi connectivity index (χ4v) is 8.53. The lowest BCUT2D eigenvalue weighted by Gasteiger charge is -2.48. The van der Waals surface area contributed by atoms with Crippen LogP contribution in [0.25, 0.3) is 0 Å². The predicted octanol–water partition coefficient (Wildman–Crippen LogP) is 5.88. The molecule has 2 aromatic heterocycles. The van der Waals surface area contributed by atoms with Crippen LogP contribution in [0.15, 0.2) is 48.5 Å². The molecule has 1 aliphatic heterocycles. The van der Waals surface area contributed by atoms with Crippen LogP contribution in [0.3, 0.4) is 0 Å². The van der Waals surface area contributed by atoms with E-state index in [-0.39, 0.29) is 17.4 Å². The molecule has 8 nitrogen and oxygen atoms in total. The molecule has 1 aromatic carbocycles. The van der Waals surface area contributed by atoms with Crippen molar-refractivity contribution in [1.82, 2.24) is 35.3 Å². The number of aromatic nitrogens is 4. The van der Waals surface area contributed by atoms with Gasteiger partial charge in [-0.25, -0.2) is 9.97 Å². The van der Waals surface area contributed by atoms with Gasteiger partial charge in [-0.2, -0.15) is 5.10 Å². The van der Waals surface area contributed by atoms with E-state index in [4.69, 9.17) is 11.6 Å². The van der Waals surface area contributed by atoms with Crippen molar-refractivity contribution >= 4 is 28.8 Å². The summed E-state index contributed by atoms with van der Waals surface area (Å²) in [6.45, 7) is 3.38. The smallest absolute Gasteiger partial charge is 0.240 e. The van der Waals surface area contributed by atoms with E-state index in [9.17, 15) is 4.79 Å². The molecule has 43 heavy (non-hydrogen) atoms. The first-order chi connectivity index (χ1) is 21.1. The summed E-state index contributed by atoms with van der Waals surface area (Å²) in [6, 6.07) is 8.61. The number of carbonyl (C=O) groups is 1. The van der Waals surface area contributed by atoms with E-state index < -0.39 is 0 Å². The fourth-order valence-electron chi connectivity index (χ4n) is 7.83. The lowest BCUT2D eigenvalue weighted by molar-refractivity contribution is -0.137. The summed E-state index contributed by atoms with van der Waals surface area (Å²) in [4.78, 5) is 25.0. The molecule has 10 heteroatoms. The lowest BCUT2D eigenvalue weighted by atomic mass is 9.63. The number of likely N-dealkylation sites (tertiary alicyclic amines) is 1. The molecule has 2 aliphatic carbocycles. The first kappa shape index (κ1) is 30.7. The van der Waals surface area contributed by atoms with Crippen molar-refractivity contribution in [2.45, 2.75) is 108 Å². The Balaban J connectivity index is 1.09. The minimum atomic E-state index is -0.233. The van der Waals surface area contributed by atoms with Gasteiger partial charge in [-0.3, -0.25) is 9.48 Å². The first-order valence-electron chi connectivity index (χ1n) is 16.3. The summed E-state index contributed by atoms with van der Waals surface area (Å²) < 4.78 is 2.03. The highest BCUT2D eigenvalue weighted by Gasteiger charge is 2.44. The molecule has 0 bridgehead atoms. The molecule has 3 aliphatic rings. The van der Waals surface area contributed by atoms with Crippen LogP contribution in [0.4, 0.5) is 0 Å². The van der Waals surface area contributed by atoms with Gasteiger partial charge in [-0.05, 0) is 86.8 Å². The number of amides is 1. The third-order valence-corrected chi connectivity index (χ3v) is 11.4. The molecule has 1 amide bonds. The standard InChI is InChI=1S/C33H46ClN7OS/c34-27-8-6-25(7-9-27)20-30(39-29-12-10-28(11-13-29)37-21-31-36-16-19-43-31)32(42)40-17-14-33(15-18-40,22-41-24-35-23-38-41)26-4-2-1-3-5-26/h6-9,16,19,23-24,26,28-30,37,39H,1-5,10-15,17-18,20-22H2/t28-,29+,30-/m1/s1. The highest BCUT2D eigenvalue weighted by Crippen LogP contribution is 2.47. The number of piperidine rings is 1. The van der Waals surface area contributed by atoms with Gasteiger partial charge in [0, 0.05) is 54.9 Å². The van der Waals surface area contributed by atoms with Gasteiger partial charge in [0.25, 0.3) is 0 Å². The molecule has 0 unspecified atom stereocenters. The number of benzene rings is 1. The van der Waals surface area contributed by atoms with Crippen molar-refractivity contribution < 1.29 is 4.79 Å². The number of hydrogen-bond donors (Lipinski definition) is 2. The summed E-state index contributed by atoms with van der Waals surface area (Å²) in [5.74, 6) is 0.946. The number of nitrogens with zero attached hydrogens (tertiary/aromatic N) is 5. The van der Waals surface area contributed by atoms with E-state index in [2.05, 4.69) is 42.7 Å². The van der Waals surface area contributed by atoms with Crippen molar-refractivity contribution in [3.05, 3.63) is 64.1 Å². The number of hydrogen-bond acceptors (Lipinski definition) is 7. The number of rotatable bonds is 11. The highest BCUT2D eigenvalue weighted by atomic mass is 35.5. The molecule has 2 saturated carbocycles. The molecule has 3 fully saturated rings. The van der Waals surface area contributed by atoms with Crippen LogP contribution >= 0.6 is 22.9 Å². The molecular weight excluding hydrogens is 578 g/mol. The number of thiazole rings is 1. The molecule has 6 rings (SSSR count). The monoisotopic (exact) mass is 623 g/mol. The third-order valence-electron chi connectivity index (χ3n) is 10.3. The maximum atomic E-state index is 14.2. The van der Waals surface area contributed by atoms with Crippen molar-refractivity contribution in [3.63, 3.8) is 0 Å². The zero-order chi connectivity index (χ0) is 29.5.